The van der Waals surface area contributed by atoms with Gasteiger partial charge in [-0.25, -0.2) is 4.79 Å². The van der Waals surface area contributed by atoms with Gasteiger partial charge in [0.05, 0.1) is 16.7 Å². The molecule has 35 heavy (non-hydrogen) atoms. The lowest BCUT2D eigenvalue weighted by atomic mass is 9.98. The molecule has 0 saturated carbocycles. The molecule has 180 valence electrons. The standard InChI is InChI=1S/C24H17ClF3N3O4/c25-19-11-17(31-23(34)30-13-15-7-5-14(6-8-15)9-21(32)33)10-16(12-29)22(19)18-3-1-2-4-20(18)35-24(26,27)28/h1-8,10-11H,9,13H2,(H,32,33)(H2,30,31,34)/p-1. The molecular weight excluding hydrogens is 487 g/mol. The van der Waals surface area contributed by atoms with Gasteiger partial charge in [-0.05, 0) is 29.3 Å². The van der Waals surface area contributed by atoms with E-state index < -0.39 is 24.1 Å². The molecule has 2 N–H and O–H groups in total. The summed E-state index contributed by atoms with van der Waals surface area (Å²) in [6, 6.07) is 15.6. The molecule has 3 aromatic carbocycles. The Morgan fingerprint density at radius 2 is 1.71 bits per heavy atom. The number of aliphatic carboxylic acids is 1. The maximum Gasteiger partial charge on any atom is 0.573 e. The van der Waals surface area contributed by atoms with Crippen LogP contribution < -0.4 is 20.5 Å². The first-order valence-electron chi connectivity index (χ1n) is 9.97. The van der Waals surface area contributed by atoms with Crippen LogP contribution in [0.3, 0.4) is 0 Å². The van der Waals surface area contributed by atoms with Crippen molar-refractivity contribution in [1.82, 2.24) is 5.32 Å². The highest BCUT2D eigenvalue weighted by molar-refractivity contribution is 6.34. The number of amides is 2. The molecule has 0 aromatic heterocycles. The summed E-state index contributed by atoms with van der Waals surface area (Å²) in [6.07, 6.45) is -5.16. The second kappa shape index (κ2) is 10.8. The van der Waals surface area contributed by atoms with Crippen molar-refractivity contribution in [3.05, 3.63) is 82.4 Å². The zero-order valence-electron chi connectivity index (χ0n) is 17.8. The van der Waals surface area contributed by atoms with Gasteiger partial charge in [-0.3, -0.25) is 0 Å². The first kappa shape index (κ1) is 25.4. The summed E-state index contributed by atoms with van der Waals surface area (Å²) < 4.78 is 42.4. The monoisotopic (exact) mass is 502 g/mol. The van der Waals surface area contributed by atoms with Gasteiger partial charge in [-0.15, -0.1) is 13.2 Å². The maximum atomic E-state index is 12.8. The zero-order valence-corrected chi connectivity index (χ0v) is 18.5. The van der Waals surface area contributed by atoms with E-state index in [0.717, 1.165) is 6.07 Å². The van der Waals surface area contributed by atoms with Gasteiger partial charge in [-0.1, -0.05) is 54.1 Å². The zero-order chi connectivity index (χ0) is 25.6. The number of nitrogens with one attached hydrogen (secondary N) is 2. The lowest BCUT2D eigenvalue weighted by Gasteiger charge is -2.16. The van der Waals surface area contributed by atoms with Crippen molar-refractivity contribution in [3.63, 3.8) is 0 Å². The predicted octanol–water partition coefficient (Wildman–Crippen LogP) is 4.39. The van der Waals surface area contributed by atoms with Gasteiger partial charge in [-0.2, -0.15) is 5.26 Å². The van der Waals surface area contributed by atoms with Crippen LogP contribution >= 0.6 is 11.6 Å². The van der Waals surface area contributed by atoms with Crippen LogP contribution in [0, 0.1) is 11.3 Å². The Morgan fingerprint density at radius 3 is 2.34 bits per heavy atom. The Balaban J connectivity index is 1.75. The topological polar surface area (TPSA) is 114 Å². The van der Waals surface area contributed by atoms with Crippen molar-refractivity contribution in [1.29, 1.82) is 5.26 Å². The molecule has 0 atom stereocenters. The van der Waals surface area contributed by atoms with Crippen molar-refractivity contribution >= 4 is 29.3 Å². The minimum Gasteiger partial charge on any atom is -0.550 e. The third-order valence-corrected chi connectivity index (χ3v) is 4.97. The normalized spacial score (nSPS) is 10.8. The van der Waals surface area contributed by atoms with E-state index in [1.54, 1.807) is 24.3 Å². The summed E-state index contributed by atoms with van der Waals surface area (Å²) in [6.45, 7) is 0.122. The summed E-state index contributed by atoms with van der Waals surface area (Å²) in [5, 5.41) is 25.2. The van der Waals surface area contributed by atoms with Gasteiger partial charge in [0.25, 0.3) is 0 Å². The minimum absolute atomic E-state index is 0.0247. The molecule has 3 aromatic rings. The number of hydrogen-bond acceptors (Lipinski definition) is 5. The summed E-state index contributed by atoms with van der Waals surface area (Å²) in [5.74, 6) is -1.73. The molecule has 0 unspecified atom stereocenters. The van der Waals surface area contributed by atoms with E-state index in [2.05, 4.69) is 15.4 Å². The fourth-order valence-electron chi connectivity index (χ4n) is 3.23. The van der Waals surface area contributed by atoms with Crippen molar-refractivity contribution in [2.24, 2.45) is 0 Å². The quantitative estimate of drug-likeness (QED) is 0.497. The van der Waals surface area contributed by atoms with Crippen molar-refractivity contribution in [2.75, 3.05) is 5.32 Å². The van der Waals surface area contributed by atoms with Gasteiger partial charge < -0.3 is 25.3 Å². The third-order valence-electron chi connectivity index (χ3n) is 4.68. The number of ether oxygens (including phenoxy) is 1. The van der Waals surface area contributed by atoms with Gasteiger partial charge in [0.15, 0.2) is 0 Å². The SMILES string of the molecule is N#Cc1cc(NC(=O)NCc2ccc(CC(=O)[O-])cc2)cc(Cl)c1-c1ccccc1OC(F)(F)F. The summed E-state index contributed by atoms with van der Waals surface area (Å²) in [7, 11) is 0. The van der Waals surface area contributed by atoms with Crippen LogP contribution in [0.4, 0.5) is 23.7 Å². The molecule has 0 fully saturated rings. The van der Waals surface area contributed by atoms with Crippen LogP contribution in [0.5, 0.6) is 5.75 Å². The number of carbonyl (C=O) groups excluding carboxylic acids is 2. The Hall–Kier alpha value is -4.23. The number of anilines is 1. The number of halogens is 4. The van der Waals surface area contributed by atoms with E-state index in [1.807, 2.05) is 6.07 Å². The van der Waals surface area contributed by atoms with Crippen LogP contribution in [-0.2, 0) is 17.8 Å². The molecule has 0 heterocycles. The van der Waals surface area contributed by atoms with Gasteiger partial charge in [0, 0.05) is 35.7 Å². The molecule has 7 nitrogen and oxygen atoms in total. The molecular formula is C24H16ClF3N3O4-. The molecule has 11 heteroatoms. The molecule has 3 rings (SSSR count). The summed E-state index contributed by atoms with van der Waals surface area (Å²) >= 11 is 6.29. The molecule has 0 bridgehead atoms. The predicted molar refractivity (Wildman–Crippen MR) is 119 cm³/mol. The molecule has 0 radical (unpaired) electrons. The number of para-hydroxylation sites is 1. The van der Waals surface area contributed by atoms with Crippen LogP contribution in [0.1, 0.15) is 16.7 Å². The largest absolute Gasteiger partial charge is 0.573 e. The van der Waals surface area contributed by atoms with Gasteiger partial charge >= 0.3 is 12.4 Å². The number of urea groups is 1. The average molecular weight is 503 g/mol. The van der Waals surface area contributed by atoms with Crippen molar-refractivity contribution in [2.45, 2.75) is 19.3 Å². The summed E-state index contributed by atoms with van der Waals surface area (Å²) in [4.78, 5) is 22.9. The van der Waals surface area contributed by atoms with E-state index in [0.29, 0.717) is 11.1 Å². The van der Waals surface area contributed by atoms with E-state index in [4.69, 9.17) is 11.6 Å². The Kier molecular flexibility index (Phi) is 7.83. The fourth-order valence-corrected chi connectivity index (χ4v) is 3.55. The van der Waals surface area contributed by atoms with Crippen LogP contribution in [0.25, 0.3) is 11.1 Å². The molecule has 0 aliphatic carbocycles. The number of nitrogens with zero attached hydrogens (tertiary/aromatic N) is 1. The lowest BCUT2D eigenvalue weighted by Crippen LogP contribution is -2.28. The number of carboxylic acid groups (broad SMARTS) is 1. The van der Waals surface area contributed by atoms with E-state index >= 15 is 0 Å². The number of rotatable bonds is 7. The highest BCUT2D eigenvalue weighted by atomic mass is 35.5. The van der Waals surface area contributed by atoms with E-state index in [1.165, 1.54) is 30.3 Å². The van der Waals surface area contributed by atoms with Crippen molar-refractivity contribution in [3.8, 4) is 22.9 Å². The Bertz CT molecular complexity index is 1290. The van der Waals surface area contributed by atoms with Crippen molar-refractivity contribution < 1.29 is 32.6 Å². The van der Waals surface area contributed by atoms with Crippen LogP contribution in [0.2, 0.25) is 5.02 Å². The van der Waals surface area contributed by atoms with Crippen LogP contribution in [-0.4, -0.2) is 18.4 Å². The average Bonchev–Trinajstić information content (AvgIpc) is 2.77. The van der Waals surface area contributed by atoms with E-state index in [9.17, 15) is 33.1 Å². The molecule has 2 amide bonds. The van der Waals surface area contributed by atoms with Gasteiger partial charge in [0.1, 0.15) is 5.75 Å². The first-order valence-corrected chi connectivity index (χ1v) is 10.3. The minimum atomic E-state index is -4.94. The number of hydrogen-bond donors (Lipinski definition) is 2. The number of alkyl halides is 3. The number of carboxylic acids is 1. The second-order valence-electron chi connectivity index (χ2n) is 7.21. The molecule has 0 spiro atoms. The number of nitriles is 1. The lowest BCUT2D eigenvalue weighted by molar-refractivity contribution is -0.304. The first-order chi connectivity index (χ1) is 16.6. The Morgan fingerprint density at radius 1 is 1.06 bits per heavy atom. The number of carbonyl (C=O) groups is 2. The highest BCUT2D eigenvalue weighted by Crippen LogP contribution is 2.40. The third kappa shape index (κ3) is 7.12. The molecule has 0 aliphatic heterocycles. The second-order valence-corrected chi connectivity index (χ2v) is 7.62. The summed E-state index contributed by atoms with van der Waals surface area (Å²) in [5.41, 5.74) is 1.32. The van der Waals surface area contributed by atoms with Gasteiger partial charge in [0.2, 0.25) is 0 Å². The van der Waals surface area contributed by atoms with E-state index in [-0.39, 0.29) is 40.4 Å². The molecule has 0 aliphatic rings. The Labute approximate surface area is 202 Å². The fraction of sp³-hybridized carbons (Fsp3) is 0.125. The highest BCUT2D eigenvalue weighted by Gasteiger charge is 2.32. The van der Waals surface area contributed by atoms with Crippen LogP contribution in [0.15, 0.2) is 60.7 Å². The molecule has 0 saturated heterocycles. The smallest absolute Gasteiger partial charge is 0.550 e. The maximum absolute atomic E-state index is 12.8. The number of benzene rings is 3.